The quantitative estimate of drug-likeness (QED) is 0.820. The van der Waals surface area contributed by atoms with E-state index in [0.717, 1.165) is 28.9 Å². The number of nitrogens with zero attached hydrogens (tertiary/aromatic N) is 2. The molecule has 4 nitrogen and oxygen atoms in total. The topological polar surface area (TPSA) is 47.0 Å². The van der Waals surface area contributed by atoms with Gasteiger partial charge in [0.25, 0.3) is 0 Å². The molecule has 1 saturated carbocycles. The Morgan fingerprint density at radius 1 is 1.00 bits per heavy atom. The van der Waals surface area contributed by atoms with Crippen LogP contribution in [0, 0.1) is 5.92 Å². The Kier molecular flexibility index (Phi) is 5.26. The highest BCUT2D eigenvalue weighted by molar-refractivity contribution is 5.61. The minimum absolute atomic E-state index is 0.189. The number of aromatic nitrogens is 2. The average Bonchev–Trinajstić information content (AvgIpc) is 2.56. The molecule has 0 atom stereocenters. The van der Waals surface area contributed by atoms with Gasteiger partial charge >= 0.3 is 0 Å². The average molecular weight is 339 g/mol. The van der Waals surface area contributed by atoms with E-state index in [1.54, 1.807) is 0 Å². The highest BCUT2D eigenvalue weighted by atomic mass is 16.5. The van der Waals surface area contributed by atoms with Gasteiger partial charge in [-0.25, -0.2) is 9.97 Å². The van der Waals surface area contributed by atoms with Crippen LogP contribution in [0.25, 0.3) is 11.3 Å². The molecule has 25 heavy (non-hydrogen) atoms. The summed E-state index contributed by atoms with van der Waals surface area (Å²) in [6.45, 7) is 8.49. The van der Waals surface area contributed by atoms with Crippen LogP contribution in [0.5, 0.6) is 5.75 Å². The van der Waals surface area contributed by atoms with Crippen molar-refractivity contribution < 1.29 is 4.74 Å². The van der Waals surface area contributed by atoms with Gasteiger partial charge in [-0.2, -0.15) is 0 Å². The van der Waals surface area contributed by atoms with E-state index in [1.165, 1.54) is 25.7 Å². The van der Waals surface area contributed by atoms with E-state index in [1.807, 2.05) is 24.4 Å². The lowest BCUT2D eigenvalue weighted by Crippen LogP contribution is -2.26. The molecule has 0 unspecified atom stereocenters. The zero-order valence-electron chi connectivity index (χ0n) is 15.7. The fourth-order valence-electron chi connectivity index (χ4n) is 3.22. The van der Waals surface area contributed by atoms with Crippen LogP contribution in [0.15, 0.2) is 36.5 Å². The molecule has 2 aromatic rings. The van der Waals surface area contributed by atoms with E-state index in [2.05, 4.69) is 50.1 Å². The third kappa shape index (κ3) is 5.18. The van der Waals surface area contributed by atoms with Gasteiger partial charge in [-0.05, 0) is 82.7 Å². The molecule has 0 spiro atoms. The summed E-state index contributed by atoms with van der Waals surface area (Å²) in [5, 5.41) is 3.51. The summed E-state index contributed by atoms with van der Waals surface area (Å²) in [5.41, 5.74) is 1.82. The Hall–Kier alpha value is -2.10. The molecule has 1 N–H and O–H groups in total. The summed E-state index contributed by atoms with van der Waals surface area (Å²) in [5.74, 6) is 2.45. The molecule has 0 amide bonds. The van der Waals surface area contributed by atoms with Gasteiger partial charge in [0, 0.05) is 17.8 Å². The van der Waals surface area contributed by atoms with Crippen molar-refractivity contribution in [1.29, 1.82) is 0 Å². The van der Waals surface area contributed by atoms with Gasteiger partial charge in [-0.1, -0.05) is 6.92 Å². The van der Waals surface area contributed by atoms with Gasteiger partial charge in [-0.3, -0.25) is 0 Å². The maximum atomic E-state index is 5.88. The first-order valence-electron chi connectivity index (χ1n) is 9.28. The van der Waals surface area contributed by atoms with E-state index in [4.69, 9.17) is 9.72 Å². The number of benzene rings is 1. The van der Waals surface area contributed by atoms with Crippen molar-refractivity contribution in [2.75, 3.05) is 5.32 Å². The molecule has 1 aromatic carbocycles. The predicted octanol–water partition coefficient (Wildman–Crippen LogP) is 5.31. The highest BCUT2D eigenvalue weighted by Gasteiger charge is 2.18. The standard InChI is InChI=1S/C21H29N3O/c1-15-5-9-17(10-6-15)23-20-22-14-13-19(24-20)16-7-11-18(12-8-16)25-21(2,3)4/h7-8,11-15,17H,5-6,9-10H2,1-4H3,(H,22,23,24). The van der Waals surface area contributed by atoms with Crippen molar-refractivity contribution in [1.82, 2.24) is 9.97 Å². The SMILES string of the molecule is CC1CCC(Nc2nccc(-c3ccc(OC(C)(C)C)cc3)n2)CC1. The number of anilines is 1. The zero-order valence-corrected chi connectivity index (χ0v) is 15.7. The summed E-state index contributed by atoms with van der Waals surface area (Å²) in [6, 6.07) is 10.5. The molecule has 0 radical (unpaired) electrons. The van der Waals surface area contributed by atoms with Gasteiger partial charge in [0.1, 0.15) is 11.4 Å². The molecule has 1 heterocycles. The Morgan fingerprint density at radius 3 is 2.32 bits per heavy atom. The Balaban J connectivity index is 1.68. The molecule has 0 saturated heterocycles. The monoisotopic (exact) mass is 339 g/mol. The van der Waals surface area contributed by atoms with Crippen LogP contribution < -0.4 is 10.1 Å². The smallest absolute Gasteiger partial charge is 0.223 e. The van der Waals surface area contributed by atoms with Crippen LogP contribution in [-0.4, -0.2) is 21.6 Å². The largest absolute Gasteiger partial charge is 0.488 e. The number of ether oxygens (including phenoxy) is 1. The first kappa shape index (κ1) is 17.7. The summed E-state index contributed by atoms with van der Waals surface area (Å²) < 4.78 is 5.88. The first-order chi connectivity index (χ1) is 11.9. The number of rotatable bonds is 4. The third-order valence-corrected chi connectivity index (χ3v) is 4.58. The van der Waals surface area contributed by atoms with E-state index in [-0.39, 0.29) is 5.60 Å². The lowest BCUT2D eigenvalue weighted by atomic mass is 9.87. The molecule has 4 heteroatoms. The molecule has 0 aliphatic heterocycles. The summed E-state index contributed by atoms with van der Waals surface area (Å²) in [4.78, 5) is 9.09. The van der Waals surface area contributed by atoms with Gasteiger partial charge < -0.3 is 10.1 Å². The third-order valence-electron chi connectivity index (χ3n) is 4.58. The maximum Gasteiger partial charge on any atom is 0.223 e. The van der Waals surface area contributed by atoms with E-state index in [9.17, 15) is 0 Å². The molecule has 0 bridgehead atoms. The minimum atomic E-state index is -0.189. The van der Waals surface area contributed by atoms with Crippen molar-refractivity contribution in [3.63, 3.8) is 0 Å². The summed E-state index contributed by atoms with van der Waals surface area (Å²) in [7, 11) is 0. The summed E-state index contributed by atoms with van der Waals surface area (Å²) >= 11 is 0. The second-order valence-electron chi connectivity index (χ2n) is 8.11. The van der Waals surface area contributed by atoms with Crippen molar-refractivity contribution >= 4 is 5.95 Å². The van der Waals surface area contributed by atoms with Crippen LogP contribution >= 0.6 is 0 Å². The predicted molar refractivity (Wildman–Crippen MR) is 103 cm³/mol. The van der Waals surface area contributed by atoms with Crippen LogP contribution in [0.1, 0.15) is 53.4 Å². The molecular formula is C21H29N3O. The van der Waals surface area contributed by atoms with Gasteiger partial charge in [0.2, 0.25) is 5.95 Å². The normalized spacial score (nSPS) is 21.0. The Labute approximate surface area is 151 Å². The number of hydrogen-bond acceptors (Lipinski definition) is 4. The first-order valence-corrected chi connectivity index (χ1v) is 9.28. The van der Waals surface area contributed by atoms with Crippen LogP contribution in [0.3, 0.4) is 0 Å². The fraction of sp³-hybridized carbons (Fsp3) is 0.524. The number of hydrogen-bond donors (Lipinski definition) is 1. The highest BCUT2D eigenvalue weighted by Crippen LogP contribution is 2.27. The molecule has 1 aromatic heterocycles. The molecule has 134 valence electrons. The second-order valence-corrected chi connectivity index (χ2v) is 8.11. The maximum absolute atomic E-state index is 5.88. The lowest BCUT2D eigenvalue weighted by molar-refractivity contribution is 0.131. The molecule has 1 fully saturated rings. The van der Waals surface area contributed by atoms with E-state index >= 15 is 0 Å². The van der Waals surface area contributed by atoms with E-state index in [0.29, 0.717) is 6.04 Å². The number of nitrogens with one attached hydrogen (secondary N) is 1. The minimum Gasteiger partial charge on any atom is -0.488 e. The molecule has 3 rings (SSSR count). The van der Waals surface area contributed by atoms with Gasteiger partial charge in [0.15, 0.2) is 0 Å². The van der Waals surface area contributed by atoms with Gasteiger partial charge in [0.05, 0.1) is 5.69 Å². The lowest BCUT2D eigenvalue weighted by Gasteiger charge is -2.26. The van der Waals surface area contributed by atoms with Crippen molar-refractivity contribution in [2.24, 2.45) is 5.92 Å². The Bertz CT molecular complexity index is 683. The van der Waals surface area contributed by atoms with Crippen molar-refractivity contribution in [2.45, 2.75) is 65.0 Å². The van der Waals surface area contributed by atoms with Gasteiger partial charge in [-0.15, -0.1) is 0 Å². The molecule has 1 aliphatic rings. The summed E-state index contributed by atoms with van der Waals surface area (Å²) in [6.07, 6.45) is 6.80. The second kappa shape index (κ2) is 7.42. The van der Waals surface area contributed by atoms with Crippen LogP contribution in [0.4, 0.5) is 5.95 Å². The van der Waals surface area contributed by atoms with Crippen LogP contribution in [0.2, 0.25) is 0 Å². The molecule has 1 aliphatic carbocycles. The van der Waals surface area contributed by atoms with Crippen LogP contribution in [-0.2, 0) is 0 Å². The van der Waals surface area contributed by atoms with Crippen molar-refractivity contribution in [3.05, 3.63) is 36.5 Å². The zero-order chi connectivity index (χ0) is 17.9. The Morgan fingerprint density at radius 2 is 1.68 bits per heavy atom. The fourth-order valence-corrected chi connectivity index (χ4v) is 3.22. The van der Waals surface area contributed by atoms with Crippen molar-refractivity contribution in [3.8, 4) is 17.0 Å². The molecular weight excluding hydrogens is 310 g/mol. The van der Waals surface area contributed by atoms with E-state index < -0.39 is 0 Å².